The molecule has 0 bridgehead atoms. The molecule has 0 spiro atoms. The molecule has 22 heavy (non-hydrogen) atoms. The highest BCUT2D eigenvalue weighted by Gasteiger charge is 2.19. The lowest BCUT2D eigenvalue weighted by Gasteiger charge is -2.30. The van der Waals surface area contributed by atoms with Gasteiger partial charge in [0.2, 0.25) is 5.91 Å². The van der Waals surface area contributed by atoms with Gasteiger partial charge < -0.3 is 11.1 Å². The quantitative estimate of drug-likeness (QED) is 0.811. The van der Waals surface area contributed by atoms with E-state index in [-0.39, 0.29) is 24.1 Å². The summed E-state index contributed by atoms with van der Waals surface area (Å²) in [6.45, 7) is 4.48. The van der Waals surface area contributed by atoms with Crippen LogP contribution in [0.1, 0.15) is 30.1 Å². The summed E-state index contributed by atoms with van der Waals surface area (Å²) in [5, 5.41) is 2.85. The lowest BCUT2D eigenvalue weighted by molar-refractivity contribution is -0.117. The Morgan fingerprint density at radius 3 is 2.59 bits per heavy atom. The molecule has 0 aromatic heterocycles. The van der Waals surface area contributed by atoms with Crippen molar-refractivity contribution in [2.45, 2.75) is 19.8 Å². The summed E-state index contributed by atoms with van der Waals surface area (Å²) in [5.41, 5.74) is 6.94. The maximum atomic E-state index is 12.1. The SMILES string of the molecule is CC(=O)c1cccc(NC(=O)CN2CCC(CN)CC2)c1.Cl. The normalized spacial score (nSPS) is 15.9. The summed E-state index contributed by atoms with van der Waals surface area (Å²) < 4.78 is 0. The second-order valence-electron chi connectivity index (χ2n) is 5.64. The molecule has 1 fully saturated rings. The molecule has 1 aliphatic heterocycles. The van der Waals surface area contributed by atoms with E-state index in [1.807, 2.05) is 0 Å². The van der Waals surface area contributed by atoms with Gasteiger partial charge in [-0.25, -0.2) is 0 Å². The molecule has 1 aromatic carbocycles. The zero-order valence-corrected chi connectivity index (χ0v) is 13.7. The summed E-state index contributed by atoms with van der Waals surface area (Å²) in [5.74, 6) is 0.549. The van der Waals surface area contributed by atoms with Crippen molar-refractivity contribution < 1.29 is 9.59 Å². The fourth-order valence-electron chi connectivity index (χ4n) is 2.60. The number of likely N-dealkylation sites (tertiary alicyclic amines) is 1. The molecular weight excluding hydrogens is 302 g/mol. The maximum Gasteiger partial charge on any atom is 0.238 e. The zero-order valence-electron chi connectivity index (χ0n) is 12.9. The smallest absolute Gasteiger partial charge is 0.238 e. The second-order valence-corrected chi connectivity index (χ2v) is 5.64. The molecule has 122 valence electrons. The number of carbonyl (C=O) groups excluding carboxylic acids is 2. The van der Waals surface area contributed by atoms with Gasteiger partial charge in [0.1, 0.15) is 0 Å². The van der Waals surface area contributed by atoms with Gasteiger partial charge in [0.25, 0.3) is 0 Å². The molecule has 2 rings (SSSR count). The number of halogens is 1. The van der Waals surface area contributed by atoms with E-state index in [1.54, 1.807) is 24.3 Å². The highest BCUT2D eigenvalue weighted by atomic mass is 35.5. The molecule has 6 heteroatoms. The Bertz CT molecular complexity index is 514. The van der Waals surface area contributed by atoms with Crippen LogP contribution in [0.4, 0.5) is 5.69 Å². The average Bonchev–Trinajstić information content (AvgIpc) is 2.48. The molecule has 0 saturated carbocycles. The van der Waals surface area contributed by atoms with Crippen molar-refractivity contribution >= 4 is 29.8 Å². The third-order valence-corrected chi connectivity index (χ3v) is 3.96. The van der Waals surface area contributed by atoms with E-state index in [0.717, 1.165) is 32.5 Å². The number of carbonyl (C=O) groups is 2. The number of nitrogens with one attached hydrogen (secondary N) is 1. The number of hydrogen-bond donors (Lipinski definition) is 2. The Labute approximate surface area is 137 Å². The fraction of sp³-hybridized carbons (Fsp3) is 0.500. The number of nitrogens with zero attached hydrogens (tertiary/aromatic N) is 1. The Balaban J connectivity index is 0.00000242. The van der Waals surface area contributed by atoms with Crippen LogP contribution < -0.4 is 11.1 Å². The summed E-state index contributed by atoms with van der Waals surface area (Å²) in [6.07, 6.45) is 2.12. The first-order chi connectivity index (χ1) is 10.1. The van der Waals surface area contributed by atoms with Gasteiger partial charge in [-0.3, -0.25) is 14.5 Å². The summed E-state index contributed by atoms with van der Waals surface area (Å²) in [6, 6.07) is 7.03. The predicted molar refractivity (Wildman–Crippen MR) is 90.5 cm³/mol. The highest BCUT2D eigenvalue weighted by molar-refractivity contribution is 5.97. The monoisotopic (exact) mass is 325 g/mol. The average molecular weight is 326 g/mol. The largest absolute Gasteiger partial charge is 0.330 e. The Morgan fingerprint density at radius 1 is 1.32 bits per heavy atom. The van der Waals surface area contributed by atoms with Crippen LogP contribution in [0.3, 0.4) is 0 Å². The molecule has 3 N–H and O–H groups in total. The molecule has 1 amide bonds. The van der Waals surface area contributed by atoms with E-state index >= 15 is 0 Å². The number of amides is 1. The summed E-state index contributed by atoms with van der Waals surface area (Å²) >= 11 is 0. The van der Waals surface area contributed by atoms with E-state index in [9.17, 15) is 9.59 Å². The first-order valence-corrected chi connectivity index (χ1v) is 7.41. The van der Waals surface area contributed by atoms with E-state index in [2.05, 4.69) is 10.2 Å². The molecule has 0 radical (unpaired) electrons. The molecule has 1 saturated heterocycles. The third-order valence-electron chi connectivity index (χ3n) is 3.96. The van der Waals surface area contributed by atoms with Gasteiger partial charge in [-0.1, -0.05) is 12.1 Å². The van der Waals surface area contributed by atoms with Crippen LogP contribution >= 0.6 is 12.4 Å². The molecule has 5 nitrogen and oxygen atoms in total. The Hall–Kier alpha value is -1.43. The van der Waals surface area contributed by atoms with Crippen molar-refractivity contribution in [1.82, 2.24) is 4.90 Å². The molecule has 1 aliphatic rings. The van der Waals surface area contributed by atoms with Crippen molar-refractivity contribution in [2.24, 2.45) is 11.7 Å². The zero-order chi connectivity index (χ0) is 15.2. The van der Waals surface area contributed by atoms with Crippen molar-refractivity contribution in [3.63, 3.8) is 0 Å². The summed E-state index contributed by atoms with van der Waals surface area (Å²) in [7, 11) is 0. The van der Waals surface area contributed by atoms with E-state index in [1.165, 1.54) is 6.92 Å². The van der Waals surface area contributed by atoms with E-state index in [0.29, 0.717) is 23.7 Å². The molecule has 0 atom stereocenters. The third kappa shape index (κ3) is 5.40. The van der Waals surface area contributed by atoms with Gasteiger partial charge >= 0.3 is 0 Å². The number of anilines is 1. The minimum absolute atomic E-state index is 0. The summed E-state index contributed by atoms with van der Waals surface area (Å²) in [4.78, 5) is 25.5. The van der Waals surface area contributed by atoms with Crippen molar-refractivity contribution in [2.75, 3.05) is 31.5 Å². The van der Waals surface area contributed by atoms with Crippen LogP contribution in [0.15, 0.2) is 24.3 Å². The van der Waals surface area contributed by atoms with Crippen molar-refractivity contribution in [3.8, 4) is 0 Å². The van der Waals surface area contributed by atoms with Gasteiger partial charge in [-0.05, 0) is 57.5 Å². The Morgan fingerprint density at radius 2 is 2.00 bits per heavy atom. The number of hydrogen-bond acceptors (Lipinski definition) is 4. The minimum Gasteiger partial charge on any atom is -0.330 e. The van der Waals surface area contributed by atoms with Gasteiger partial charge in [-0.2, -0.15) is 0 Å². The first kappa shape index (κ1) is 18.6. The predicted octanol–water partition coefficient (Wildman–Crippen LogP) is 1.92. The molecule has 0 aliphatic carbocycles. The van der Waals surface area contributed by atoms with E-state index in [4.69, 9.17) is 5.73 Å². The number of nitrogens with two attached hydrogens (primary N) is 1. The van der Waals surface area contributed by atoms with Crippen LogP contribution in [0.25, 0.3) is 0 Å². The Kier molecular flexibility index (Phi) is 7.51. The lowest BCUT2D eigenvalue weighted by Crippen LogP contribution is -2.40. The number of ketones is 1. The van der Waals surface area contributed by atoms with Crippen molar-refractivity contribution in [1.29, 1.82) is 0 Å². The first-order valence-electron chi connectivity index (χ1n) is 7.41. The number of Topliss-reactive ketones (excluding diaryl/α,β-unsaturated/α-hetero) is 1. The van der Waals surface area contributed by atoms with Gasteiger partial charge in [-0.15, -0.1) is 12.4 Å². The van der Waals surface area contributed by atoms with Crippen LogP contribution in [-0.2, 0) is 4.79 Å². The van der Waals surface area contributed by atoms with Crippen LogP contribution in [0.5, 0.6) is 0 Å². The highest BCUT2D eigenvalue weighted by Crippen LogP contribution is 2.16. The standard InChI is InChI=1S/C16H23N3O2.ClH/c1-12(20)14-3-2-4-15(9-14)18-16(21)11-19-7-5-13(10-17)6-8-19;/h2-4,9,13H,5-8,10-11,17H2,1H3,(H,18,21);1H. The fourth-order valence-corrected chi connectivity index (χ4v) is 2.60. The van der Waals surface area contributed by atoms with Gasteiger partial charge in [0.15, 0.2) is 5.78 Å². The van der Waals surface area contributed by atoms with E-state index < -0.39 is 0 Å². The molecular formula is C16H24ClN3O2. The molecule has 0 unspecified atom stereocenters. The number of piperidine rings is 1. The maximum absolute atomic E-state index is 12.1. The minimum atomic E-state index is -0.0399. The van der Waals surface area contributed by atoms with Crippen LogP contribution in [0.2, 0.25) is 0 Å². The van der Waals surface area contributed by atoms with Crippen LogP contribution in [0, 0.1) is 5.92 Å². The van der Waals surface area contributed by atoms with Gasteiger partial charge in [0.05, 0.1) is 6.54 Å². The number of benzene rings is 1. The topological polar surface area (TPSA) is 75.4 Å². The number of rotatable bonds is 5. The second kappa shape index (κ2) is 8.88. The van der Waals surface area contributed by atoms with Crippen LogP contribution in [-0.4, -0.2) is 42.8 Å². The molecule has 1 aromatic rings. The van der Waals surface area contributed by atoms with Gasteiger partial charge in [0, 0.05) is 11.3 Å². The molecule has 1 heterocycles. The van der Waals surface area contributed by atoms with Crippen molar-refractivity contribution in [3.05, 3.63) is 29.8 Å². The lowest BCUT2D eigenvalue weighted by atomic mass is 9.97.